The number of nitrogens with one attached hydrogen (secondary N) is 1. The van der Waals surface area contributed by atoms with Crippen molar-refractivity contribution in [2.75, 3.05) is 0 Å². The van der Waals surface area contributed by atoms with Crippen LogP contribution < -0.4 is 0 Å². The minimum atomic E-state index is -1.50. The van der Waals surface area contributed by atoms with E-state index in [0.29, 0.717) is 11.9 Å². The Hall–Kier alpha value is -0.865. The van der Waals surface area contributed by atoms with E-state index >= 15 is 0 Å². The SMILES string of the molecule is N=C1CC=CC=C1B(O)O. The molecule has 0 atom stereocenters. The fraction of sp³-hybridized carbons (Fsp3) is 0.167. The van der Waals surface area contributed by atoms with Crippen molar-refractivity contribution in [1.82, 2.24) is 0 Å². The molecule has 1 aliphatic rings. The summed E-state index contributed by atoms with van der Waals surface area (Å²) in [5.74, 6) is 0. The molecule has 0 aromatic heterocycles. The Morgan fingerprint density at radius 2 is 2.20 bits per heavy atom. The highest BCUT2D eigenvalue weighted by atomic mass is 16.4. The van der Waals surface area contributed by atoms with Crippen molar-refractivity contribution in [2.24, 2.45) is 0 Å². The van der Waals surface area contributed by atoms with Gasteiger partial charge in [0.15, 0.2) is 0 Å². The minimum Gasteiger partial charge on any atom is -0.423 e. The van der Waals surface area contributed by atoms with Gasteiger partial charge in [-0.2, -0.15) is 0 Å². The first kappa shape index (κ1) is 7.24. The first-order chi connectivity index (χ1) is 4.72. The molecule has 0 spiro atoms. The summed E-state index contributed by atoms with van der Waals surface area (Å²) >= 11 is 0. The number of rotatable bonds is 1. The highest BCUT2D eigenvalue weighted by molar-refractivity contribution is 6.59. The van der Waals surface area contributed by atoms with Crippen molar-refractivity contribution in [1.29, 1.82) is 5.41 Å². The van der Waals surface area contributed by atoms with Crippen LogP contribution in [0.15, 0.2) is 23.7 Å². The molecule has 0 aromatic rings. The molecule has 0 aromatic carbocycles. The molecular formula is C6H8BNO2. The van der Waals surface area contributed by atoms with Gasteiger partial charge < -0.3 is 15.5 Å². The van der Waals surface area contributed by atoms with Gasteiger partial charge in [0.25, 0.3) is 0 Å². The zero-order chi connectivity index (χ0) is 7.56. The second kappa shape index (κ2) is 2.81. The van der Waals surface area contributed by atoms with E-state index in [1.165, 1.54) is 6.08 Å². The van der Waals surface area contributed by atoms with Crippen LogP contribution in [0, 0.1) is 5.41 Å². The lowest BCUT2D eigenvalue weighted by Gasteiger charge is -2.07. The van der Waals surface area contributed by atoms with E-state index in [-0.39, 0.29) is 5.71 Å². The van der Waals surface area contributed by atoms with E-state index in [2.05, 4.69) is 0 Å². The van der Waals surface area contributed by atoms with E-state index in [1.54, 1.807) is 12.2 Å². The molecule has 0 bridgehead atoms. The van der Waals surface area contributed by atoms with Gasteiger partial charge in [0.1, 0.15) is 0 Å². The number of allylic oxidation sites excluding steroid dienone is 4. The molecular weight excluding hydrogens is 129 g/mol. The molecule has 52 valence electrons. The molecule has 4 heteroatoms. The van der Waals surface area contributed by atoms with Crippen molar-refractivity contribution in [3.63, 3.8) is 0 Å². The van der Waals surface area contributed by atoms with E-state index in [1.807, 2.05) is 0 Å². The Balaban J connectivity index is 2.80. The lowest BCUT2D eigenvalue weighted by atomic mass is 9.74. The Morgan fingerprint density at radius 1 is 1.50 bits per heavy atom. The largest absolute Gasteiger partial charge is 0.490 e. The Labute approximate surface area is 59.3 Å². The van der Waals surface area contributed by atoms with E-state index in [4.69, 9.17) is 15.5 Å². The third-order valence-electron chi connectivity index (χ3n) is 1.36. The summed E-state index contributed by atoms with van der Waals surface area (Å²) < 4.78 is 0. The van der Waals surface area contributed by atoms with Crippen LogP contribution in [-0.4, -0.2) is 22.9 Å². The Kier molecular flexibility index (Phi) is 2.04. The minimum absolute atomic E-state index is 0.275. The number of hydrogen-bond donors (Lipinski definition) is 3. The summed E-state index contributed by atoms with van der Waals surface area (Å²) in [7, 11) is -1.50. The first-order valence-electron chi connectivity index (χ1n) is 3.02. The van der Waals surface area contributed by atoms with Gasteiger partial charge in [-0.15, -0.1) is 0 Å². The second-order valence-corrected chi connectivity index (χ2v) is 2.11. The second-order valence-electron chi connectivity index (χ2n) is 2.11. The Bertz CT molecular complexity index is 208. The maximum atomic E-state index is 8.66. The first-order valence-corrected chi connectivity index (χ1v) is 3.02. The van der Waals surface area contributed by atoms with Crippen LogP contribution in [0.3, 0.4) is 0 Å². The van der Waals surface area contributed by atoms with Crippen LogP contribution in [0.2, 0.25) is 0 Å². The van der Waals surface area contributed by atoms with E-state index in [0.717, 1.165) is 0 Å². The summed E-state index contributed by atoms with van der Waals surface area (Å²) in [6, 6.07) is 0. The molecule has 0 unspecified atom stereocenters. The van der Waals surface area contributed by atoms with Crippen LogP contribution in [0.5, 0.6) is 0 Å². The molecule has 0 fully saturated rings. The zero-order valence-electron chi connectivity index (χ0n) is 5.41. The maximum absolute atomic E-state index is 8.66. The number of hydrogen-bond acceptors (Lipinski definition) is 3. The fourth-order valence-electron chi connectivity index (χ4n) is 0.818. The molecule has 0 saturated heterocycles. The fourth-order valence-corrected chi connectivity index (χ4v) is 0.818. The standard InChI is InChI=1S/C6H8BNO2/c8-6-4-2-1-3-5(6)7(9)10/h1-3,8-10H,4H2. The van der Waals surface area contributed by atoms with Gasteiger partial charge in [0.2, 0.25) is 0 Å². The Morgan fingerprint density at radius 3 is 2.60 bits per heavy atom. The highest BCUT2D eigenvalue weighted by Crippen LogP contribution is 2.08. The molecule has 10 heavy (non-hydrogen) atoms. The van der Waals surface area contributed by atoms with E-state index < -0.39 is 7.12 Å². The van der Waals surface area contributed by atoms with Crippen LogP contribution >= 0.6 is 0 Å². The molecule has 3 N–H and O–H groups in total. The normalized spacial score (nSPS) is 17.0. The topological polar surface area (TPSA) is 64.3 Å². The molecule has 0 aliphatic heterocycles. The molecule has 1 rings (SSSR count). The van der Waals surface area contributed by atoms with Crippen molar-refractivity contribution in [3.05, 3.63) is 23.7 Å². The highest BCUT2D eigenvalue weighted by Gasteiger charge is 2.18. The predicted molar refractivity (Wildman–Crippen MR) is 39.8 cm³/mol. The predicted octanol–water partition coefficient (Wildman–Crippen LogP) is -0.0955. The zero-order valence-corrected chi connectivity index (χ0v) is 5.41. The van der Waals surface area contributed by atoms with Gasteiger partial charge in [0, 0.05) is 17.6 Å². The van der Waals surface area contributed by atoms with Crippen molar-refractivity contribution < 1.29 is 10.0 Å². The summed E-state index contributed by atoms with van der Waals surface area (Å²) in [6.45, 7) is 0. The van der Waals surface area contributed by atoms with Gasteiger partial charge in [-0.25, -0.2) is 0 Å². The summed E-state index contributed by atoms with van der Waals surface area (Å²) in [5, 5.41) is 24.6. The molecule has 3 nitrogen and oxygen atoms in total. The van der Waals surface area contributed by atoms with Gasteiger partial charge in [-0.05, 0) is 0 Å². The van der Waals surface area contributed by atoms with Crippen molar-refractivity contribution in [2.45, 2.75) is 6.42 Å². The summed E-state index contributed by atoms with van der Waals surface area (Å²) in [4.78, 5) is 0. The van der Waals surface area contributed by atoms with Gasteiger partial charge in [0.05, 0.1) is 0 Å². The average Bonchev–Trinajstić information content (AvgIpc) is 1.88. The summed E-state index contributed by atoms with van der Waals surface area (Å²) in [6.07, 6.45) is 5.54. The third kappa shape index (κ3) is 1.34. The van der Waals surface area contributed by atoms with Crippen LogP contribution in [0.1, 0.15) is 6.42 Å². The average molecular weight is 137 g/mol. The van der Waals surface area contributed by atoms with Crippen LogP contribution in [0.25, 0.3) is 0 Å². The molecule has 0 saturated carbocycles. The maximum Gasteiger partial charge on any atom is 0.490 e. The van der Waals surface area contributed by atoms with Gasteiger partial charge >= 0.3 is 7.12 Å². The lowest BCUT2D eigenvalue weighted by Crippen LogP contribution is -2.22. The van der Waals surface area contributed by atoms with Gasteiger partial charge in [-0.3, -0.25) is 0 Å². The van der Waals surface area contributed by atoms with Gasteiger partial charge in [-0.1, -0.05) is 18.2 Å². The molecule has 1 aliphatic carbocycles. The van der Waals surface area contributed by atoms with Crippen LogP contribution in [0.4, 0.5) is 0 Å². The molecule has 0 heterocycles. The van der Waals surface area contributed by atoms with Crippen molar-refractivity contribution in [3.8, 4) is 0 Å². The third-order valence-corrected chi connectivity index (χ3v) is 1.36. The quantitative estimate of drug-likeness (QED) is 0.442. The monoisotopic (exact) mass is 137 g/mol. The molecule has 0 amide bonds. The van der Waals surface area contributed by atoms with Crippen LogP contribution in [-0.2, 0) is 0 Å². The molecule has 0 radical (unpaired) electrons. The van der Waals surface area contributed by atoms with Crippen molar-refractivity contribution >= 4 is 12.8 Å². The smallest absolute Gasteiger partial charge is 0.423 e. The summed E-state index contributed by atoms with van der Waals surface area (Å²) in [5.41, 5.74) is 0.569. The van der Waals surface area contributed by atoms with E-state index in [9.17, 15) is 0 Å². The lowest BCUT2D eigenvalue weighted by molar-refractivity contribution is 0.421.